The van der Waals surface area contributed by atoms with E-state index in [1.54, 1.807) is 14.2 Å². The lowest BCUT2D eigenvalue weighted by atomic mass is 10.00. The first-order valence-corrected chi connectivity index (χ1v) is 6.41. The van der Waals surface area contributed by atoms with Gasteiger partial charge in [0.25, 0.3) is 0 Å². The van der Waals surface area contributed by atoms with E-state index in [4.69, 9.17) is 9.47 Å². The summed E-state index contributed by atoms with van der Waals surface area (Å²) in [6, 6.07) is 8.52. The highest BCUT2D eigenvalue weighted by molar-refractivity contribution is 5.27. The predicted molar refractivity (Wildman–Crippen MR) is 75.3 cm³/mol. The molecule has 0 fully saturated rings. The lowest BCUT2D eigenvalue weighted by molar-refractivity contribution is -0.00475. The Hall–Kier alpha value is -1.06. The number of ether oxygens (including phenoxy) is 2. The van der Waals surface area contributed by atoms with Crippen molar-refractivity contribution in [3.05, 3.63) is 29.8 Å². The molecule has 0 aromatic heterocycles. The van der Waals surface area contributed by atoms with Gasteiger partial charge in [0.15, 0.2) is 0 Å². The number of methoxy groups -OCH3 is 2. The van der Waals surface area contributed by atoms with E-state index < -0.39 is 0 Å². The predicted octanol–water partition coefficient (Wildman–Crippen LogP) is 2.64. The molecule has 102 valence electrons. The maximum absolute atomic E-state index is 5.45. The number of hydrogen-bond donors (Lipinski definition) is 1. The molecule has 1 N–H and O–H groups in total. The van der Waals surface area contributed by atoms with Gasteiger partial charge in [-0.15, -0.1) is 0 Å². The minimum Gasteiger partial charge on any atom is -0.497 e. The van der Waals surface area contributed by atoms with Crippen LogP contribution in [0.3, 0.4) is 0 Å². The summed E-state index contributed by atoms with van der Waals surface area (Å²) < 4.78 is 10.6. The first kappa shape index (κ1) is 15.0. The van der Waals surface area contributed by atoms with Gasteiger partial charge in [0.05, 0.1) is 12.7 Å². The average Bonchev–Trinajstić information content (AvgIpc) is 2.39. The van der Waals surface area contributed by atoms with Crippen molar-refractivity contribution in [1.82, 2.24) is 5.32 Å². The molecule has 3 heteroatoms. The molecule has 3 nitrogen and oxygen atoms in total. The fourth-order valence-corrected chi connectivity index (χ4v) is 1.65. The number of hydrogen-bond acceptors (Lipinski definition) is 3. The molecule has 0 aliphatic carbocycles. The van der Waals surface area contributed by atoms with Gasteiger partial charge in [0.2, 0.25) is 0 Å². The number of benzene rings is 1. The zero-order valence-corrected chi connectivity index (χ0v) is 12.1. The van der Waals surface area contributed by atoms with E-state index in [-0.39, 0.29) is 5.60 Å². The highest BCUT2D eigenvalue weighted by atomic mass is 16.5. The van der Waals surface area contributed by atoms with Crippen LogP contribution in [0.5, 0.6) is 5.75 Å². The molecular formula is C15H25NO2. The zero-order chi connectivity index (χ0) is 13.6. The van der Waals surface area contributed by atoms with Crippen LogP contribution in [0.2, 0.25) is 0 Å². The fraction of sp³-hybridized carbons (Fsp3) is 0.600. The third-order valence-electron chi connectivity index (χ3n) is 3.59. The van der Waals surface area contributed by atoms with Crippen molar-refractivity contribution in [3.63, 3.8) is 0 Å². The van der Waals surface area contributed by atoms with Crippen LogP contribution in [-0.4, -0.2) is 32.4 Å². The molecule has 0 spiro atoms. The summed E-state index contributed by atoms with van der Waals surface area (Å²) in [5.74, 6) is 0.903. The summed E-state index contributed by atoms with van der Waals surface area (Å²) in [5.41, 5.74) is 1.17. The van der Waals surface area contributed by atoms with Crippen molar-refractivity contribution in [2.45, 2.75) is 38.8 Å². The van der Waals surface area contributed by atoms with E-state index in [2.05, 4.69) is 38.2 Å². The minimum atomic E-state index is -0.139. The third-order valence-corrected chi connectivity index (χ3v) is 3.59. The summed E-state index contributed by atoms with van der Waals surface area (Å²) in [4.78, 5) is 0. The van der Waals surface area contributed by atoms with Crippen molar-refractivity contribution >= 4 is 0 Å². The van der Waals surface area contributed by atoms with Crippen molar-refractivity contribution < 1.29 is 9.47 Å². The van der Waals surface area contributed by atoms with Gasteiger partial charge in [-0.25, -0.2) is 0 Å². The highest BCUT2D eigenvalue weighted by Gasteiger charge is 2.24. The second-order valence-corrected chi connectivity index (χ2v) is 5.08. The van der Waals surface area contributed by atoms with Gasteiger partial charge < -0.3 is 14.8 Å². The van der Waals surface area contributed by atoms with Crippen LogP contribution >= 0.6 is 0 Å². The maximum atomic E-state index is 5.45. The molecule has 1 atom stereocenters. The summed E-state index contributed by atoms with van der Waals surface area (Å²) in [6.07, 6.45) is 1.01. The van der Waals surface area contributed by atoms with Gasteiger partial charge in [-0.1, -0.05) is 12.1 Å². The molecule has 1 aromatic carbocycles. The van der Waals surface area contributed by atoms with Gasteiger partial charge >= 0.3 is 0 Å². The monoisotopic (exact) mass is 251 g/mol. The summed E-state index contributed by atoms with van der Waals surface area (Å²) in [5, 5.41) is 3.49. The van der Waals surface area contributed by atoms with Crippen LogP contribution in [-0.2, 0) is 11.2 Å². The second-order valence-electron chi connectivity index (χ2n) is 5.08. The largest absolute Gasteiger partial charge is 0.497 e. The standard InChI is InChI=1S/C15H25NO2/c1-12(15(2,3)18-5)16-11-10-13-6-8-14(17-4)9-7-13/h6-9,12,16H,10-11H2,1-5H3. The van der Waals surface area contributed by atoms with Crippen LogP contribution in [0, 0.1) is 0 Å². The van der Waals surface area contributed by atoms with Gasteiger partial charge in [-0.2, -0.15) is 0 Å². The molecule has 1 unspecified atom stereocenters. The van der Waals surface area contributed by atoms with E-state index in [0.717, 1.165) is 18.7 Å². The molecule has 0 heterocycles. The first-order valence-electron chi connectivity index (χ1n) is 6.41. The van der Waals surface area contributed by atoms with E-state index in [0.29, 0.717) is 6.04 Å². The molecule has 0 aliphatic rings. The Morgan fingerprint density at radius 2 is 1.78 bits per heavy atom. The Labute approximate surface area is 110 Å². The Balaban J connectivity index is 2.37. The lowest BCUT2D eigenvalue weighted by Crippen LogP contribution is -2.46. The summed E-state index contributed by atoms with van der Waals surface area (Å²) >= 11 is 0. The Morgan fingerprint density at radius 1 is 1.17 bits per heavy atom. The number of nitrogens with one attached hydrogen (secondary N) is 1. The van der Waals surface area contributed by atoms with Crippen LogP contribution in [0.25, 0.3) is 0 Å². The molecule has 0 radical (unpaired) electrons. The average molecular weight is 251 g/mol. The normalized spacial score (nSPS) is 13.4. The van der Waals surface area contributed by atoms with E-state index >= 15 is 0 Å². The fourth-order valence-electron chi connectivity index (χ4n) is 1.65. The molecule has 0 saturated heterocycles. The quantitative estimate of drug-likeness (QED) is 0.808. The van der Waals surface area contributed by atoms with Gasteiger partial charge in [-0.05, 0) is 51.4 Å². The smallest absolute Gasteiger partial charge is 0.118 e. The topological polar surface area (TPSA) is 30.5 Å². The van der Waals surface area contributed by atoms with Crippen LogP contribution in [0.15, 0.2) is 24.3 Å². The van der Waals surface area contributed by atoms with E-state index in [1.165, 1.54) is 5.56 Å². The summed E-state index contributed by atoms with van der Waals surface area (Å²) in [7, 11) is 3.44. The van der Waals surface area contributed by atoms with Crippen molar-refractivity contribution in [2.24, 2.45) is 0 Å². The SMILES string of the molecule is COc1ccc(CCNC(C)C(C)(C)OC)cc1. The van der Waals surface area contributed by atoms with Gasteiger partial charge in [0.1, 0.15) is 5.75 Å². The molecule has 18 heavy (non-hydrogen) atoms. The van der Waals surface area contributed by atoms with Gasteiger partial charge in [0, 0.05) is 13.2 Å². The molecule has 0 bridgehead atoms. The summed E-state index contributed by atoms with van der Waals surface area (Å²) in [6.45, 7) is 7.29. The van der Waals surface area contributed by atoms with Crippen LogP contribution in [0.4, 0.5) is 0 Å². The van der Waals surface area contributed by atoms with Crippen molar-refractivity contribution in [3.8, 4) is 5.75 Å². The first-order chi connectivity index (χ1) is 8.49. The lowest BCUT2D eigenvalue weighted by Gasteiger charge is -2.31. The van der Waals surface area contributed by atoms with Crippen molar-refractivity contribution in [2.75, 3.05) is 20.8 Å². The molecular weight excluding hydrogens is 226 g/mol. The molecule has 1 rings (SSSR count). The third kappa shape index (κ3) is 4.31. The minimum absolute atomic E-state index is 0.139. The van der Waals surface area contributed by atoms with E-state index in [1.807, 2.05) is 12.1 Å². The second kappa shape index (κ2) is 6.76. The van der Waals surface area contributed by atoms with Crippen molar-refractivity contribution in [1.29, 1.82) is 0 Å². The maximum Gasteiger partial charge on any atom is 0.118 e. The molecule has 1 aromatic rings. The molecule has 0 amide bonds. The Bertz CT molecular complexity index is 346. The Kier molecular flexibility index (Phi) is 5.63. The van der Waals surface area contributed by atoms with Gasteiger partial charge in [-0.3, -0.25) is 0 Å². The highest BCUT2D eigenvalue weighted by Crippen LogP contribution is 2.14. The Morgan fingerprint density at radius 3 is 2.28 bits per heavy atom. The molecule has 0 aliphatic heterocycles. The number of rotatable bonds is 7. The van der Waals surface area contributed by atoms with Crippen LogP contribution in [0.1, 0.15) is 26.3 Å². The van der Waals surface area contributed by atoms with Crippen LogP contribution < -0.4 is 10.1 Å². The van der Waals surface area contributed by atoms with E-state index in [9.17, 15) is 0 Å². The molecule has 0 saturated carbocycles. The zero-order valence-electron chi connectivity index (χ0n) is 12.1.